The number of anilines is 2. The summed E-state index contributed by atoms with van der Waals surface area (Å²) in [7, 11) is 1.86. The van der Waals surface area contributed by atoms with Crippen LogP contribution in [0.5, 0.6) is 0 Å². The molecular formula is C38H55N5O2. The van der Waals surface area contributed by atoms with Gasteiger partial charge in [0.15, 0.2) is 6.29 Å². The van der Waals surface area contributed by atoms with Crippen molar-refractivity contribution in [2.24, 2.45) is 16.8 Å². The van der Waals surface area contributed by atoms with Gasteiger partial charge in [-0.25, -0.2) is 0 Å². The number of carbonyl (C=O) groups excluding carboxylic acids is 2. The van der Waals surface area contributed by atoms with Gasteiger partial charge in [-0.1, -0.05) is 76.6 Å². The van der Waals surface area contributed by atoms with Gasteiger partial charge in [0, 0.05) is 42.2 Å². The number of allylic oxidation sites excluding steroid dienone is 6. The van der Waals surface area contributed by atoms with Crippen LogP contribution in [-0.2, 0) is 22.4 Å². The Labute approximate surface area is 271 Å². The van der Waals surface area contributed by atoms with Crippen LogP contribution < -0.4 is 10.6 Å². The number of carbonyl (C=O) groups is 2. The average molecular weight is 614 g/mol. The van der Waals surface area contributed by atoms with Gasteiger partial charge < -0.3 is 10.6 Å². The third kappa shape index (κ3) is 15.3. The van der Waals surface area contributed by atoms with E-state index in [1.165, 1.54) is 22.3 Å². The van der Waals surface area contributed by atoms with Crippen molar-refractivity contribution < 1.29 is 9.59 Å². The molecule has 3 N–H and O–H groups in total. The minimum Gasteiger partial charge on any atom is -0.372 e. The number of hydrogen-bond donors (Lipinski definition) is 3. The standard InChI is InChI=1S/C28H40N4O.C10H15NO/c1-8-20(4)16-24(11-9-21(5)15-19(2)3)28(33)30-25-13-10-22(6)23(17-25)12-14-26-18-27(29-7)32-31-26;1-4-6-7-11-10(8-12)9(3)5-2/h9-11,13,16-19H,8,12,14-15H2,1-7H3,(H,30,33)(H2,29,31,32);4,6-9H,1,5H2,2-3H3/b20-16?,21-9+,24-11+;7-6-,11-10?. The molecule has 244 valence electrons. The number of H-pyrrole nitrogens is 1. The van der Waals surface area contributed by atoms with Gasteiger partial charge in [-0.2, -0.15) is 5.10 Å². The molecule has 0 saturated heterocycles. The number of aliphatic imine (C=N–C) groups is 1. The second-order valence-electron chi connectivity index (χ2n) is 11.8. The van der Waals surface area contributed by atoms with Crippen molar-refractivity contribution in [1.82, 2.24) is 10.2 Å². The number of aromatic nitrogens is 2. The molecule has 1 atom stereocenters. The van der Waals surface area contributed by atoms with Crippen molar-refractivity contribution >= 4 is 29.4 Å². The highest BCUT2D eigenvalue weighted by Crippen LogP contribution is 2.20. The number of aromatic amines is 1. The third-order valence-corrected chi connectivity index (χ3v) is 7.34. The number of aryl methyl sites for hydroxylation is 3. The van der Waals surface area contributed by atoms with Gasteiger partial charge in [0.05, 0.1) is 5.71 Å². The lowest BCUT2D eigenvalue weighted by molar-refractivity contribution is -0.112. The van der Waals surface area contributed by atoms with Crippen LogP contribution >= 0.6 is 0 Å². The molecule has 1 unspecified atom stereocenters. The molecule has 1 heterocycles. The van der Waals surface area contributed by atoms with Crippen LogP contribution in [0.15, 0.2) is 89.1 Å². The molecule has 2 aromatic rings. The molecular weight excluding hydrogens is 558 g/mol. The largest absolute Gasteiger partial charge is 0.372 e. The first-order valence-corrected chi connectivity index (χ1v) is 16.0. The van der Waals surface area contributed by atoms with Gasteiger partial charge in [-0.15, -0.1) is 0 Å². The van der Waals surface area contributed by atoms with E-state index in [0.717, 1.165) is 55.6 Å². The minimum atomic E-state index is -0.0848. The summed E-state index contributed by atoms with van der Waals surface area (Å²) in [4.78, 5) is 27.6. The number of benzene rings is 1. The molecule has 7 nitrogen and oxygen atoms in total. The molecule has 7 heteroatoms. The van der Waals surface area contributed by atoms with Crippen molar-refractivity contribution in [3.8, 4) is 0 Å². The predicted octanol–water partition coefficient (Wildman–Crippen LogP) is 9.13. The van der Waals surface area contributed by atoms with Crippen molar-refractivity contribution in [3.05, 3.63) is 101 Å². The first kappa shape index (κ1) is 38.8. The molecule has 0 aliphatic heterocycles. The summed E-state index contributed by atoms with van der Waals surface area (Å²) in [6.45, 7) is 20.3. The molecule has 1 aromatic heterocycles. The molecule has 0 saturated carbocycles. The zero-order chi connectivity index (χ0) is 33.8. The van der Waals surface area contributed by atoms with Crippen LogP contribution in [0.1, 0.15) is 84.5 Å². The van der Waals surface area contributed by atoms with Crippen LogP contribution in [-0.4, -0.2) is 35.2 Å². The Bertz CT molecular complexity index is 1390. The number of rotatable bonds is 16. The molecule has 0 fully saturated rings. The van der Waals surface area contributed by atoms with E-state index in [-0.39, 0.29) is 11.8 Å². The highest BCUT2D eigenvalue weighted by Gasteiger charge is 2.10. The number of nitrogens with one attached hydrogen (secondary N) is 3. The first-order chi connectivity index (χ1) is 21.5. The van der Waals surface area contributed by atoms with E-state index in [1.807, 2.05) is 45.2 Å². The monoisotopic (exact) mass is 613 g/mol. The number of nitrogens with zero attached hydrogens (tertiary/aromatic N) is 2. The lowest BCUT2D eigenvalue weighted by atomic mass is 10.0. The first-order valence-electron chi connectivity index (χ1n) is 16.0. The molecule has 1 amide bonds. The van der Waals surface area contributed by atoms with E-state index in [9.17, 15) is 9.59 Å². The highest BCUT2D eigenvalue weighted by atomic mass is 16.1. The molecule has 1 aromatic carbocycles. The van der Waals surface area contributed by atoms with Gasteiger partial charge in [0.2, 0.25) is 0 Å². The van der Waals surface area contributed by atoms with Crippen molar-refractivity contribution in [2.45, 2.75) is 87.5 Å². The lowest BCUT2D eigenvalue weighted by Gasteiger charge is -2.11. The Balaban J connectivity index is 0.000000712. The van der Waals surface area contributed by atoms with Crippen LogP contribution in [0.4, 0.5) is 11.5 Å². The molecule has 0 aliphatic rings. The smallest absolute Gasteiger partial charge is 0.255 e. The van der Waals surface area contributed by atoms with Gasteiger partial charge >= 0.3 is 0 Å². The van der Waals surface area contributed by atoms with Gasteiger partial charge in [0.25, 0.3) is 5.91 Å². The Morgan fingerprint density at radius 2 is 1.82 bits per heavy atom. The summed E-state index contributed by atoms with van der Waals surface area (Å²) in [5, 5.41) is 13.4. The topological polar surface area (TPSA) is 99.2 Å². The number of hydrogen-bond acceptors (Lipinski definition) is 5. The molecule has 45 heavy (non-hydrogen) atoms. The third-order valence-electron chi connectivity index (χ3n) is 7.34. The lowest BCUT2D eigenvalue weighted by Crippen LogP contribution is -2.14. The average Bonchev–Trinajstić information content (AvgIpc) is 3.49. The van der Waals surface area contributed by atoms with Crippen LogP contribution in [0.25, 0.3) is 0 Å². The molecule has 0 aliphatic carbocycles. The van der Waals surface area contributed by atoms with Crippen molar-refractivity contribution in [3.63, 3.8) is 0 Å². The van der Waals surface area contributed by atoms with E-state index >= 15 is 0 Å². The van der Waals surface area contributed by atoms with E-state index in [2.05, 4.69) is 92.2 Å². The molecule has 0 radical (unpaired) electrons. The van der Waals surface area contributed by atoms with Crippen LogP contribution in [0, 0.1) is 18.8 Å². The van der Waals surface area contributed by atoms with E-state index < -0.39 is 0 Å². The van der Waals surface area contributed by atoms with Gasteiger partial charge in [-0.05, 0) is 94.2 Å². The molecule has 2 rings (SSSR count). The van der Waals surface area contributed by atoms with Gasteiger partial charge in [-0.3, -0.25) is 19.7 Å². The summed E-state index contributed by atoms with van der Waals surface area (Å²) in [5.41, 5.74) is 8.05. The maximum Gasteiger partial charge on any atom is 0.255 e. The zero-order valence-electron chi connectivity index (χ0n) is 29.0. The Morgan fingerprint density at radius 1 is 1.09 bits per heavy atom. The summed E-state index contributed by atoms with van der Waals surface area (Å²) < 4.78 is 0. The summed E-state index contributed by atoms with van der Waals surface area (Å²) in [5.74, 6) is 1.59. The maximum absolute atomic E-state index is 13.1. The highest BCUT2D eigenvalue weighted by molar-refractivity contribution is 6.29. The second kappa shape index (κ2) is 21.4. The fraction of sp³-hybridized carbons (Fsp3) is 0.421. The van der Waals surface area contributed by atoms with Gasteiger partial charge in [0.1, 0.15) is 5.82 Å². The Morgan fingerprint density at radius 3 is 2.40 bits per heavy atom. The SMILES string of the molecule is C=C/C=C\N=C(C=O)C(C)CC.CCC(C)=C/C(=C\C=C(/C)CC(C)C)C(=O)Nc1ccc(C)c(CCc2cc(NC)n[nH]2)c1. The van der Waals surface area contributed by atoms with Crippen molar-refractivity contribution in [1.29, 1.82) is 0 Å². The normalized spacial score (nSPS) is 13.4. The van der Waals surface area contributed by atoms with Crippen molar-refractivity contribution in [2.75, 3.05) is 17.7 Å². The van der Waals surface area contributed by atoms with E-state index in [0.29, 0.717) is 17.2 Å². The molecule has 0 bridgehead atoms. The predicted molar refractivity (Wildman–Crippen MR) is 193 cm³/mol. The summed E-state index contributed by atoms with van der Waals surface area (Å²) in [6.07, 6.45) is 16.3. The summed E-state index contributed by atoms with van der Waals surface area (Å²) >= 11 is 0. The number of amides is 1. The fourth-order valence-corrected chi connectivity index (χ4v) is 4.28. The second-order valence-corrected chi connectivity index (χ2v) is 11.8. The quantitative estimate of drug-likeness (QED) is 0.0761. The maximum atomic E-state index is 13.1. The fourth-order valence-electron chi connectivity index (χ4n) is 4.28. The Hall–Kier alpha value is -4.26. The summed E-state index contributed by atoms with van der Waals surface area (Å²) in [6, 6.07) is 8.14. The van der Waals surface area contributed by atoms with E-state index in [4.69, 9.17) is 0 Å². The van der Waals surface area contributed by atoms with E-state index in [1.54, 1.807) is 18.4 Å². The number of aldehydes is 1. The van der Waals surface area contributed by atoms with Crippen LogP contribution in [0.3, 0.4) is 0 Å². The minimum absolute atomic E-state index is 0.0848. The Kier molecular flexibility index (Phi) is 18.5. The zero-order valence-corrected chi connectivity index (χ0v) is 29.0. The van der Waals surface area contributed by atoms with Crippen LogP contribution in [0.2, 0.25) is 0 Å². The molecule has 0 spiro atoms.